The lowest BCUT2D eigenvalue weighted by Crippen LogP contribution is -2.37. The Morgan fingerprint density at radius 3 is 2.93 bits per heavy atom. The third kappa shape index (κ3) is 2.21. The molecule has 0 amide bonds. The molecule has 77 valence electrons. The maximum atomic E-state index is 13.1. The van der Waals surface area contributed by atoms with E-state index in [2.05, 4.69) is 9.97 Å². The Kier molecular flexibility index (Phi) is 2.77. The van der Waals surface area contributed by atoms with Gasteiger partial charge in [0.15, 0.2) is 5.69 Å². The van der Waals surface area contributed by atoms with Gasteiger partial charge < -0.3 is 4.90 Å². The SMILES string of the molecule is N#Cc1cnc(N2CC[CH]C(F)C2)cn1. The van der Waals surface area contributed by atoms with Crippen molar-refractivity contribution in [3.8, 4) is 6.07 Å². The minimum Gasteiger partial charge on any atom is -0.352 e. The van der Waals surface area contributed by atoms with Gasteiger partial charge in [-0.2, -0.15) is 5.26 Å². The second-order valence-electron chi connectivity index (χ2n) is 3.36. The van der Waals surface area contributed by atoms with Crippen molar-refractivity contribution >= 4 is 5.82 Å². The lowest BCUT2D eigenvalue weighted by atomic mass is 10.1. The lowest BCUT2D eigenvalue weighted by molar-refractivity contribution is 0.347. The van der Waals surface area contributed by atoms with E-state index >= 15 is 0 Å². The Morgan fingerprint density at radius 1 is 1.47 bits per heavy atom. The van der Waals surface area contributed by atoms with Crippen molar-refractivity contribution in [1.29, 1.82) is 5.26 Å². The molecule has 0 saturated carbocycles. The molecule has 1 atom stereocenters. The number of hydrogen-bond acceptors (Lipinski definition) is 4. The first-order chi connectivity index (χ1) is 7.29. The third-order valence-electron chi connectivity index (χ3n) is 2.29. The van der Waals surface area contributed by atoms with Crippen LogP contribution in [0.1, 0.15) is 12.1 Å². The van der Waals surface area contributed by atoms with Gasteiger partial charge in [-0.25, -0.2) is 14.4 Å². The van der Waals surface area contributed by atoms with E-state index in [4.69, 9.17) is 5.26 Å². The van der Waals surface area contributed by atoms with Gasteiger partial charge in [0.05, 0.1) is 18.9 Å². The molecule has 1 aliphatic rings. The van der Waals surface area contributed by atoms with Crippen molar-refractivity contribution in [2.75, 3.05) is 18.0 Å². The molecule has 0 aliphatic carbocycles. The van der Waals surface area contributed by atoms with Crippen LogP contribution >= 0.6 is 0 Å². The van der Waals surface area contributed by atoms with Crippen LogP contribution < -0.4 is 4.90 Å². The highest BCUT2D eigenvalue weighted by Gasteiger charge is 2.20. The summed E-state index contributed by atoms with van der Waals surface area (Å²) in [6, 6.07) is 1.89. The van der Waals surface area contributed by atoms with Crippen LogP contribution in [-0.4, -0.2) is 29.2 Å². The van der Waals surface area contributed by atoms with Gasteiger partial charge in [-0.3, -0.25) is 0 Å². The summed E-state index contributed by atoms with van der Waals surface area (Å²) in [6.45, 7) is 1.07. The fourth-order valence-corrected chi connectivity index (χ4v) is 1.54. The molecule has 15 heavy (non-hydrogen) atoms. The van der Waals surface area contributed by atoms with Gasteiger partial charge in [-0.15, -0.1) is 0 Å². The summed E-state index contributed by atoms with van der Waals surface area (Å²) in [5.41, 5.74) is 0.277. The van der Waals surface area contributed by atoms with Gasteiger partial charge >= 0.3 is 0 Å². The number of nitrogens with zero attached hydrogens (tertiary/aromatic N) is 4. The average Bonchev–Trinajstić information content (AvgIpc) is 2.29. The predicted octanol–water partition coefficient (Wildman–Crippen LogP) is 1.10. The highest BCUT2D eigenvalue weighted by molar-refractivity contribution is 5.38. The van der Waals surface area contributed by atoms with Crippen LogP contribution in [-0.2, 0) is 0 Å². The molecule has 0 bridgehead atoms. The zero-order chi connectivity index (χ0) is 10.7. The predicted molar refractivity (Wildman–Crippen MR) is 52.8 cm³/mol. The van der Waals surface area contributed by atoms with E-state index in [1.807, 2.05) is 11.0 Å². The first kappa shape index (κ1) is 9.84. The van der Waals surface area contributed by atoms with Crippen LogP contribution in [0.2, 0.25) is 0 Å². The van der Waals surface area contributed by atoms with Gasteiger partial charge in [0.2, 0.25) is 0 Å². The van der Waals surface area contributed by atoms with Gasteiger partial charge in [-0.1, -0.05) is 0 Å². The van der Waals surface area contributed by atoms with Crippen molar-refractivity contribution in [2.24, 2.45) is 0 Å². The van der Waals surface area contributed by atoms with Crippen LogP contribution in [0.5, 0.6) is 0 Å². The van der Waals surface area contributed by atoms with E-state index in [1.54, 1.807) is 6.42 Å². The zero-order valence-corrected chi connectivity index (χ0v) is 8.10. The zero-order valence-electron chi connectivity index (χ0n) is 8.10. The molecular formula is C10H10FN4. The lowest BCUT2D eigenvalue weighted by Gasteiger charge is -2.29. The molecular weight excluding hydrogens is 195 g/mol. The number of alkyl halides is 1. The number of anilines is 1. The highest BCUT2D eigenvalue weighted by Crippen LogP contribution is 2.17. The Balaban J connectivity index is 2.12. The molecule has 1 saturated heterocycles. The quantitative estimate of drug-likeness (QED) is 0.689. The van der Waals surface area contributed by atoms with Crippen LogP contribution in [0.15, 0.2) is 12.4 Å². The summed E-state index contributed by atoms with van der Waals surface area (Å²) in [5, 5.41) is 8.55. The Hall–Kier alpha value is -1.70. The molecule has 1 fully saturated rings. The van der Waals surface area contributed by atoms with Gasteiger partial charge in [0.25, 0.3) is 0 Å². The average molecular weight is 205 g/mol. The van der Waals surface area contributed by atoms with Crippen LogP contribution in [0.4, 0.5) is 10.2 Å². The Morgan fingerprint density at radius 2 is 2.33 bits per heavy atom. The Bertz CT molecular complexity index is 370. The van der Waals surface area contributed by atoms with Crippen molar-refractivity contribution < 1.29 is 4.39 Å². The summed E-state index contributed by atoms with van der Waals surface area (Å²) in [4.78, 5) is 9.80. The van der Waals surface area contributed by atoms with Gasteiger partial charge in [-0.05, 0) is 12.8 Å². The monoisotopic (exact) mass is 205 g/mol. The van der Waals surface area contributed by atoms with E-state index in [9.17, 15) is 4.39 Å². The summed E-state index contributed by atoms with van der Waals surface area (Å²) in [6.07, 6.45) is 4.38. The number of nitriles is 1. The smallest absolute Gasteiger partial charge is 0.158 e. The molecule has 1 aliphatic heterocycles. The maximum Gasteiger partial charge on any atom is 0.158 e. The fraction of sp³-hybridized carbons (Fsp3) is 0.400. The molecule has 1 radical (unpaired) electrons. The normalized spacial score (nSPS) is 21.1. The molecule has 0 spiro atoms. The largest absolute Gasteiger partial charge is 0.352 e. The number of piperidine rings is 1. The summed E-state index contributed by atoms with van der Waals surface area (Å²) in [7, 11) is 0. The molecule has 1 aromatic heterocycles. The van der Waals surface area contributed by atoms with Crippen molar-refractivity contribution in [2.45, 2.75) is 12.6 Å². The van der Waals surface area contributed by atoms with Crippen molar-refractivity contribution in [3.05, 3.63) is 24.5 Å². The maximum absolute atomic E-state index is 13.1. The van der Waals surface area contributed by atoms with E-state index in [0.29, 0.717) is 18.8 Å². The first-order valence-electron chi connectivity index (χ1n) is 4.74. The van der Waals surface area contributed by atoms with E-state index in [-0.39, 0.29) is 5.69 Å². The van der Waals surface area contributed by atoms with Crippen molar-refractivity contribution in [1.82, 2.24) is 9.97 Å². The Labute approximate surface area is 87.4 Å². The third-order valence-corrected chi connectivity index (χ3v) is 2.29. The molecule has 1 unspecified atom stereocenters. The number of aromatic nitrogens is 2. The highest BCUT2D eigenvalue weighted by atomic mass is 19.1. The molecule has 2 rings (SSSR count). The van der Waals surface area contributed by atoms with E-state index < -0.39 is 6.17 Å². The second-order valence-corrected chi connectivity index (χ2v) is 3.36. The second kappa shape index (κ2) is 4.22. The number of hydrogen-bond donors (Lipinski definition) is 0. The molecule has 0 aromatic carbocycles. The van der Waals surface area contributed by atoms with Crippen LogP contribution in [0.25, 0.3) is 0 Å². The molecule has 4 nitrogen and oxygen atoms in total. The molecule has 2 heterocycles. The van der Waals surface area contributed by atoms with Crippen LogP contribution in [0, 0.1) is 17.8 Å². The molecule has 5 heteroatoms. The van der Waals surface area contributed by atoms with Gasteiger partial charge in [0.1, 0.15) is 18.1 Å². The summed E-state index contributed by atoms with van der Waals surface area (Å²) in [5.74, 6) is 0.629. The van der Waals surface area contributed by atoms with Crippen LogP contribution in [0.3, 0.4) is 0 Å². The number of halogens is 1. The minimum atomic E-state index is -0.906. The minimum absolute atomic E-state index is 0.277. The summed E-state index contributed by atoms with van der Waals surface area (Å²) >= 11 is 0. The van der Waals surface area contributed by atoms with Gasteiger partial charge in [0, 0.05) is 6.54 Å². The van der Waals surface area contributed by atoms with Crippen molar-refractivity contribution in [3.63, 3.8) is 0 Å². The molecule has 1 aromatic rings. The topological polar surface area (TPSA) is 52.8 Å². The summed E-state index contributed by atoms with van der Waals surface area (Å²) < 4.78 is 13.1. The number of rotatable bonds is 1. The molecule has 0 N–H and O–H groups in total. The fourth-order valence-electron chi connectivity index (χ4n) is 1.54. The first-order valence-corrected chi connectivity index (χ1v) is 4.74. The standard InChI is InChI=1S/C10H10FN4/c11-8-2-1-3-15(7-8)10-6-13-9(4-12)5-14-10/h2,5-6,8H,1,3,7H2. The van der Waals surface area contributed by atoms with E-state index in [1.165, 1.54) is 12.4 Å². The van der Waals surface area contributed by atoms with E-state index in [0.717, 1.165) is 6.54 Å².